The van der Waals surface area contributed by atoms with Crippen molar-refractivity contribution >= 4 is 114 Å². The Balaban J connectivity index is 0.000000206. The minimum atomic E-state index is -3.89. The van der Waals surface area contributed by atoms with E-state index in [4.69, 9.17) is 108 Å². The van der Waals surface area contributed by atoms with Gasteiger partial charge < -0.3 is 98.1 Å². The number of rotatable bonds is 15. The summed E-state index contributed by atoms with van der Waals surface area (Å²) < 4.78 is 477. The molecular weight excluding hydrogens is 1520 g/mol. The van der Waals surface area contributed by atoms with Gasteiger partial charge in [0, 0.05) is 183 Å². The minimum absolute atomic E-state index is 0.00704. The fourth-order valence-corrected chi connectivity index (χ4v) is 11.5. The lowest BCUT2D eigenvalue weighted by Gasteiger charge is -2.41. The number of likely N-dealkylation sites (N-methyl/N-ethyl adjacent to an activating group) is 5. The van der Waals surface area contributed by atoms with Crippen molar-refractivity contribution in [3.63, 3.8) is 0 Å². The predicted octanol–water partition coefficient (Wildman–Crippen LogP) is 9.29. The Morgan fingerprint density at radius 2 is 0.642 bits per heavy atom. The highest BCUT2D eigenvalue weighted by molar-refractivity contribution is 5.92. The number of aromatic nitrogens is 15. The number of carbonyl (C=O) groups excluding carboxylic acids is 5. The normalized spacial score (nSPS) is 37.2. The SMILES string of the molecule is [2H]c1c(C)[nH]c2ncnc(N(C)[C@@H]3[C@H](C([2H])([2H])[2H])C([2H])([2H])C([2H])([2H])N(C(=O)C[N+]#[C-])C3([2H])[2H])c12.[2H]c1c(C)[nH]c2ncnc(N(C)[C@@]3([2H])C([2H])([2H])N(C(=O)C[N+]#[C-])C([2H])([2H])C([2H])([2H])[C@@]3([2H])C([2H])([2H])[2H])c12.[2H]c1c(C)[nH]c2ncnc(N(C)[C@H]3C([2H])([2H])N(C(=O)C[N+]#[C-])C([2H])([2H])C([2H])([2H])[C@@]3([2H])C([2H])([2H])[2H])c12.[2H]c1c(C)[nH]c2ncnc(N(C)[C@]3([2H])[C@H](C([2H])([2H])[2H])C([2H])([2H])C([2H])([2H])N(C(=O)C[N+]#[C-])C3([2H])[2H])c12.[2H]c1c(C)[nH]c2ncnc(N([C@@H]3[C@H](C([2H])([2H])[2H])C([2H])([2H])C([2H])([2H])N(C(=O)C[N+]#[C-])C3([2H])[2H])C([2H])([2H])[2H])c12. The third-order valence-corrected chi connectivity index (χ3v) is 17.1. The first-order valence-corrected chi connectivity index (χ1v) is 34.9. The lowest BCUT2D eigenvalue weighted by molar-refractivity contribution is -0.131. The van der Waals surface area contributed by atoms with E-state index in [1.54, 1.807) is 20.8 Å². The van der Waals surface area contributed by atoms with Crippen LogP contribution in [0, 0.1) is 97.0 Å². The van der Waals surface area contributed by atoms with Gasteiger partial charge in [0.15, 0.2) is 0 Å². The zero-order valence-electron chi connectivity index (χ0n) is 122. The maximum absolute atomic E-state index is 12.8. The average molecular weight is 1690 g/mol. The van der Waals surface area contributed by atoms with E-state index < -0.39 is 272 Å². The van der Waals surface area contributed by atoms with Crippen molar-refractivity contribution in [2.45, 2.75) is 131 Å². The molecule has 10 aromatic heterocycles. The van der Waals surface area contributed by atoms with E-state index in [0.29, 0.717) is 32.6 Å². The number of likely N-dealkylation sites (tertiary alicyclic amines) is 5. The highest BCUT2D eigenvalue weighted by atomic mass is 16.2. The molecule has 0 aromatic carbocycles. The maximum Gasteiger partial charge on any atom is 0.302 e. The molecule has 0 saturated carbocycles. The summed E-state index contributed by atoms with van der Waals surface area (Å²) >= 11 is 0. The van der Waals surface area contributed by atoms with Crippen LogP contribution in [0.3, 0.4) is 0 Å². The van der Waals surface area contributed by atoms with Crippen molar-refractivity contribution in [2.75, 3.05) is 157 Å². The highest BCUT2D eigenvalue weighted by Crippen LogP contribution is 2.36. The lowest BCUT2D eigenvalue weighted by Crippen LogP contribution is -2.53. The van der Waals surface area contributed by atoms with Gasteiger partial charge in [0.2, 0.25) is 0 Å². The third-order valence-electron chi connectivity index (χ3n) is 17.1. The monoisotopic (exact) mass is 1690 g/mol. The first-order chi connectivity index (χ1) is 79.8. The molecule has 35 nitrogen and oxygen atoms in total. The van der Waals surface area contributed by atoms with E-state index in [1.165, 1.54) is 20.9 Å². The maximum atomic E-state index is 12.8. The lowest BCUT2D eigenvalue weighted by atomic mass is 9.92. The molecule has 0 aliphatic carbocycles. The molecule has 5 aliphatic rings. The summed E-state index contributed by atoms with van der Waals surface area (Å²) in [5.41, 5.74) is 2.11. The Morgan fingerprint density at radius 1 is 0.375 bits per heavy atom. The first kappa shape index (κ1) is 39.6. The second kappa shape index (κ2) is 39.4. The number of aromatic amines is 5. The van der Waals surface area contributed by atoms with Gasteiger partial charge in [0.1, 0.15) is 89.0 Å². The Bertz CT molecular complexity index is 8340. The molecule has 5 saturated heterocycles. The van der Waals surface area contributed by atoms with Gasteiger partial charge in [0.25, 0.3) is 32.7 Å². The fraction of sp³-hybridized carbons (Fsp3) is 0.529. The fourth-order valence-electron chi connectivity index (χ4n) is 11.5. The van der Waals surface area contributed by atoms with E-state index in [2.05, 4.69) is 99.0 Å². The molecule has 5 amide bonds. The molecule has 35 heteroatoms. The van der Waals surface area contributed by atoms with Crippen LogP contribution in [0.5, 0.6) is 0 Å². The zero-order valence-corrected chi connectivity index (χ0v) is 64.6. The van der Waals surface area contributed by atoms with Gasteiger partial charge in [-0.25, -0.2) is 82.7 Å². The number of piperidine rings is 5. The quantitative estimate of drug-likeness (QED) is 0.0597. The number of anilines is 5. The molecule has 120 heavy (non-hydrogen) atoms. The van der Waals surface area contributed by atoms with Crippen LogP contribution in [-0.2, 0) is 24.0 Å². The number of nitrogens with zero attached hydrogens (tertiary/aromatic N) is 25. The number of hydrogen-bond acceptors (Lipinski definition) is 20. The molecule has 5 N–H and O–H groups in total. The second-order valence-electron chi connectivity index (χ2n) is 25.5. The molecule has 0 bridgehead atoms. The van der Waals surface area contributed by atoms with Crippen LogP contribution in [0.25, 0.3) is 79.4 Å². The van der Waals surface area contributed by atoms with Gasteiger partial charge in [-0.15, -0.1) is 0 Å². The average Bonchev–Trinajstić information content (AvgIpc) is 1.60. The van der Waals surface area contributed by atoms with Crippen molar-refractivity contribution in [2.24, 2.45) is 29.5 Å². The molecule has 0 spiro atoms. The molecule has 15 heterocycles. The van der Waals surface area contributed by atoms with Crippen LogP contribution in [-0.4, -0.2) is 292 Å². The molecule has 0 unspecified atom stereocenters. The second-order valence-corrected chi connectivity index (χ2v) is 25.5. The van der Waals surface area contributed by atoms with E-state index >= 15 is 0 Å². The van der Waals surface area contributed by atoms with Crippen LogP contribution < -0.4 is 24.5 Å². The van der Waals surface area contributed by atoms with Gasteiger partial charge in [-0.05, 0) is 126 Å². The van der Waals surface area contributed by atoms with Crippen LogP contribution >= 0.6 is 0 Å². The smallest absolute Gasteiger partial charge is 0.302 e. The Morgan fingerprint density at radius 3 is 0.967 bits per heavy atom. The standard InChI is InChI=1S/5C17H22N6O/c5*1-11-5-6-23(15(24)8-18-3)9-14(11)22(4)17-13-7-12(2)21-16(13)19-10-20-17/h5*7,10-11,14H,5-6,8-9H2,1-2,4H3,(H,19,20,21)/t5*11-,14+/m11111/s1/i1D3,5D2,6D2,7D,9D2,11D,14D;1D3,5D2,6D2,7D,9D2,14D;1D3,5D2,6D2,7D,9D2,11D;1D3,4D3,5D2,6D2,7D,9D2;1D3,5D2,6D2,7D,9D2. The Labute approximate surface area is 780 Å². The number of aryl methyl sites for hydroxylation is 5. The summed E-state index contributed by atoms with van der Waals surface area (Å²) in [5, 5.41) is -0.182. The summed E-state index contributed by atoms with van der Waals surface area (Å²) in [6.07, 6.45) is -12.9. The molecule has 10 atom stereocenters. The van der Waals surface area contributed by atoms with Gasteiger partial charge in [-0.2, -0.15) is 0 Å². The Kier molecular flexibility index (Phi) is 13.0. The van der Waals surface area contributed by atoms with E-state index in [9.17, 15) is 26.7 Å². The number of nitrogens with one attached hydrogen (secondary N) is 5. The molecule has 5 aliphatic heterocycles. The van der Waals surface area contributed by atoms with E-state index in [0.717, 1.165) is 62.6 Å². The van der Waals surface area contributed by atoms with Gasteiger partial charge in [-0.1, -0.05) is 34.3 Å². The molecular formula is C85H110N30O5. The minimum Gasteiger partial charge on any atom is -0.354 e. The molecule has 0 radical (unpaired) electrons. The van der Waals surface area contributed by atoms with Crippen molar-refractivity contribution in [1.29, 1.82) is 0 Å². The highest BCUT2D eigenvalue weighted by Gasteiger charge is 2.39. The summed E-state index contributed by atoms with van der Waals surface area (Å²) in [6.45, 7) is -19.0. The van der Waals surface area contributed by atoms with Crippen LogP contribution in [0.15, 0.2) is 61.8 Å². The van der Waals surface area contributed by atoms with Crippen LogP contribution in [0.4, 0.5) is 29.1 Å². The van der Waals surface area contributed by atoms with Gasteiger partial charge in [0.05, 0.1) is 80.4 Å². The number of carbonyl (C=O) groups is 5. The van der Waals surface area contributed by atoms with Crippen molar-refractivity contribution in [3.8, 4) is 0 Å². The molecule has 630 valence electrons. The largest absolute Gasteiger partial charge is 0.354 e. The number of H-pyrrole nitrogens is 5. The summed E-state index contributed by atoms with van der Waals surface area (Å²) in [7, 11) is 4.36. The number of hydrogen-bond donors (Lipinski definition) is 5. The molecule has 10 aromatic rings. The number of fused-ring (bicyclic) bond motifs is 5. The van der Waals surface area contributed by atoms with Crippen LogP contribution in [0.1, 0.15) is 173 Å². The van der Waals surface area contributed by atoms with E-state index in [1.807, 2.05) is 0 Å². The Hall–Kier alpha value is -13.1. The summed E-state index contributed by atoms with van der Waals surface area (Å²) in [5.74, 6) is -24.0. The zero-order chi connectivity index (χ0) is 136. The topological polar surface area (TPSA) is 347 Å². The van der Waals surface area contributed by atoms with Crippen molar-refractivity contribution in [3.05, 3.63) is 147 Å². The van der Waals surface area contributed by atoms with Crippen molar-refractivity contribution in [1.82, 2.24) is 99.3 Å². The predicted molar refractivity (Wildman–Crippen MR) is 463 cm³/mol. The summed E-state index contributed by atoms with van der Waals surface area (Å²) in [6, 6.07) is -14.6. The summed E-state index contributed by atoms with van der Waals surface area (Å²) in [4.78, 5) is 134. The van der Waals surface area contributed by atoms with E-state index in [-0.39, 0.29) is 138 Å². The number of amides is 5. The van der Waals surface area contributed by atoms with Gasteiger partial charge >= 0.3 is 29.5 Å². The van der Waals surface area contributed by atoms with Gasteiger partial charge in [-0.3, -0.25) is 24.0 Å². The third kappa shape index (κ3) is 20.2. The molecule has 15 rings (SSSR count). The molecule has 5 fully saturated rings. The van der Waals surface area contributed by atoms with Crippen molar-refractivity contribution < 1.29 is 102 Å². The first-order valence-electron chi connectivity index (χ1n) is 63.4. The van der Waals surface area contributed by atoms with Crippen LogP contribution in [0.2, 0.25) is 0 Å².